The number of thiophene rings is 1. The molecule has 47 heavy (non-hydrogen) atoms. The first-order valence-corrected chi connectivity index (χ1v) is 18.7. The van der Waals surface area contributed by atoms with Crippen molar-refractivity contribution in [1.82, 2.24) is 9.97 Å². The average molecular weight is 625 g/mol. The molecule has 0 amide bonds. The van der Waals surface area contributed by atoms with Crippen LogP contribution in [0.3, 0.4) is 0 Å². The van der Waals surface area contributed by atoms with E-state index in [4.69, 9.17) is 0 Å². The lowest BCUT2D eigenvalue weighted by atomic mass is 9.71. The van der Waals surface area contributed by atoms with Crippen LogP contribution in [0.4, 0.5) is 0 Å². The van der Waals surface area contributed by atoms with Gasteiger partial charge in [0.25, 0.3) is 0 Å². The van der Waals surface area contributed by atoms with Crippen LogP contribution in [0.2, 0.25) is 0 Å². The minimum Gasteiger partial charge on any atom is -0.355 e. The predicted octanol–water partition coefficient (Wildman–Crippen LogP) is 7.73. The SMILES string of the molecule is C1=CC2CCC1c1c3sc(c12)/C=c1\[nH]/c(c2c1C1C=CC2CC1)=C\c1cc(c2cccccc1-2)/C=c1\[nH]/c(c2c1C1C=CC2CC1)=C\3. The molecule has 11 aliphatic carbocycles. The van der Waals surface area contributed by atoms with Gasteiger partial charge in [0.2, 0.25) is 0 Å². The number of hydrogen-bond donors (Lipinski definition) is 2. The molecular weight excluding hydrogens is 589 g/mol. The number of aromatic nitrogens is 2. The molecule has 0 radical (unpaired) electrons. The summed E-state index contributed by atoms with van der Waals surface area (Å²) in [5.41, 5.74) is 14.7. The predicted molar refractivity (Wildman–Crippen MR) is 193 cm³/mol. The van der Waals surface area contributed by atoms with Crippen LogP contribution >= 0.6 is 11.3 Å². The number of rotatable bonds is 0. The summed E-state index contributed by atoms with van der Waals surface area (Å²) in [5.74, 6) is 3.07. The fourth-order valence-electron chi connectivity index (χ4n) is 10.8. The Hall–Kier alpha value is -4.34. The smallest absolute Gasteiger partial charge is 0.0440 e. The highest BCUT2D eigenvalue weighted by molar-refractivity contribution is 7.14. The summed E-state index contributed by atoms with van der Waals surface area (Å²) in [4.78, 5) is 11.1. The molecule has 0 saturated heterocycles. The Morgan fingerprint density at radius 1 is 0.426 bits per heavy atom. The third kappa shape index (κ3) is 3.46. The highest BCUT2D eigenvalue weighted by Gasteiger charge is 2.37. The Bertz CT molecular complexity index is 2360. The lowest BCUT2D eigenvalue weighted by molar-refractivity contribution is 0.552. The van der Waals surface area contributed by atoms with Gasteiger partial charge >= 0.3 is 0 Å². The number of H-pyrrole nitrogens is 2. The van der Waals surface area contributed by atoms with Crippen LogP contribution in [0.5, 0.6) is 0 Å². The molecule has 228 valence electrons. The second-order valence-electron chi connectivity index (χ2n) is 15.1. The largest absolute Gasteiger partial charge is 0.355 e. The van der Waals surface area contributed by atoms with Gasteiger partial charge in [0.1, 0.15) is 0 Å². The first-order chi connectivity index (χ1) is 23.2. The standard InChI is InChI=1S/C44H36N2S/c1-2-4-31-29-18-30(32(31)5-3-1)20-34-40-24-8-12-26(13-9-24)42(40)36(46-34)22-38-44-28-16-14-27(15-17-28)43(44)37(47-38)21-35-41-25-10-6-23(7-11-25)39(41)33(19-29)45-35/h1-6,8,10,12,14,16,18-28,45-46H,7,9,11,13,15,17H2/b33-19-,34-20-,35-21-,36-22-. The molecule has 6 atom stereocenters. The lowest BCUT2D eigenvalue weighted by Gasteiger charge is -2.32. The van der Waals surface area contributed by atoms with Gasteiger partial charge in [0, 0.05) is 66.7 Å². The van der Waals surface area contributed by atoms with Gasteiger partial charge < -0.3 is 9.97 Å². The fourth-order valence-corrected chi connectivity index (χ4v) is 12.1. The minimum atomic E-state index is 0.497. The van der Waals surface area contributed by atoms with Gasteiger partial charge in [-0.1, -0.05) is 66.8 Å². The van der Waals surface area contributed by atoms with E-state index in [2.05, 4.69) is 107 Å². The van der Waals surface area contributed by atoms with E-state index in [1.807, 2.05) is 11.3 Å². The summed E-state index contributed by atoms with van der Waals surface area (Å²) in [6, 6.07) is 13.6. The third-order valence-corrected chi connectivity index (χ3v) is 13.9. The molecule has 15 rings (SSSR count). The Balaban J connectivity index is 1.24. The van der Waals surface area contributed by atoms with Crippen LogP contribution in [0, 0.1) is 0 Å². The molecule has 14 bridgehead atoms. The molecule has 0 saturated carbocycles. The molecule has 12 aliphatic rings. The Labute approximate surface area is 278 Å². The van der Waals surface area contributed by atoms with Crippen molar-refractivity contribution in [3.05, 3.63) is 149 Å². The van der Waals surface area contributed by atoms with Crippen molar-refractivity contribution in [2.24, 2.45) is 0 Å². The normalized spacial score (nSPS) is 30.8. The molecule has 2 nitrogen and oxygen atoms in total. The van der Waals surface area contributed by atoms with E-state index in [9.17, 15) is 0 Å². The van der Waals surface area contributed by atoms with Gasteiger partial charge in [-0.3, -0.25) is 0 Å². The number of allylic oxidation sites excluding steroid dienone is 6. The maximum Gasteiger partial charge on any atom is 0.0440 e. The van der Waals surface area contributed by atoms with Gasteiger partial charge in [0.15, 0.2) is 0 Å². The second-order valence-corrected chi connectivity index (χ2v) is 16.2. The van der Waals surface area contributed by atoms with Crippen LogP contribution in [-0.4, -0.2) is 9.97 Å². The molecular formula is C44H36N2S. The fraction of sp³-hybridized carbons (Fsp3) is 0.273. The van der Waals surface area contributed by atoms with E-state index in [0.29, 0.717) is 35.5 Å². The number of fused-ring (bicyclic) bond motifs is 14. The molecule has 3 aromatic heterocycles. The van der Waals surface area contributed by atoms with Crippen molar-refractivity contribution in [2.75, 3.05) is 0 Å². The highest BCUT2D eigenvalue weighted by Crippen LogP contribution is 2.52. The zero-order chi connectivity index (χ0) is 30.4. The molecule has 3 aromatic rings. The molecule has 0 fully saturated rings. The molecule has 0 spiro atoms. The van der Waals surface area contributed by atoms with E-state index in [1.54, 1.807) is 33.4 Å². The average Bonchev–Trinajstić information content (AvgIpc) is 3.82. The Morgan fingerprint density at radius 2 is 0.787 bits per heavy atom. The van der Waals surface area contributed by atoms with E-state index in [1.165, 1.54) is 91.9 Å². The summed E-state index contributed by atoms with van der Waals surface area (Å²) < 4.78 is 0. The van der Waals surface area contributed by atoms with Gasteiger partial charge in [-0.05, 0) is 125 Å². The zero-order valence-electron chi connectivity index (χ0n) is 26.4. The van der Waals surface area contributed by atoms with Crippen molar-refractivity contribution in [2.45, 2.75) is 74.0 Å². The maximum absolute atomic E-state index is 4.06. The van der Waals surface area contributed by atoms with Crippen LogP contribution in [0.1, 0.15) is 128 Å². The van der Waals surface area contributed by atoms with Gasteiger partial charge in [-0.2, -0.15) is 0 Å². The Kier molecular flexibility index (Phi) is 5.02. The van der Waals surface area contributed by atoms with Crippen molar-refractivity contribution in [3.8, 4) is 11.1 Å². The topological polar surface area (TPSA) is 31.6 Å². The van der Waals surface area contributed by atoms with Gasteiger partial charge in [0.05, 0.1) is 0 Å². The summed E-state index contributed by atoms with van der Waals surface area (Å²) in [7, 11) is 0. The van der Waals surface area contributed by atoms with E-state index < -0.39 is 0 Å². The molecule has 2 N–H and O–H groups in total. The van der Waals surface area contributed by atoms with E-state index in [-0.39, 0.29) is 0 Å². The first-order valence-electron chi connectivity index (χ1n) is 17.9. The molecule has 6 unspecified atom stereocenters. The van der Waals surface area contributed by atoms with Crippen LogP contribution in [-0.2, 0) is 0 Å². The Morgan fingerprint density at radius 3 is 1.17 bits per heavy atom. The summed E-state index contributed by atoms with van der Waals surface area (Å²) in [5, 5.41) is 5.30. The third-order valence-electron chi connectivity index (χ3n) is 12.8. The van der Waals surface area contributed by atoms with E-state index >= 15 is 0 Å². The number of hydrogen-bond acceptors (Lipinski definition) is 1. The number of aromatic amines is 2. The highest BCUT2D eigenvalue weighted by atomic mass is 32.1. The second kappa shape index (κ2) is 9.17. The molecule has 3 heteroatoms. The van der Waals surface area contributed by atoms with Crippen LogP contribution in [0.15, 0.2) is 72.9 Å². The maximum atomic E-state index is 4.06. The van der Waals surface area contributed by atoms with E-state index in [0.717, 1.165) is 0 Å². The molecule has 4 heterocycles. The van der Waals surface area contributed by atoms with Crippen molar-refractivity contribution in [3.63, 3.8) is 0 Å². The van der Waals surface area contributed by atoms with Crippen molar-refractivity contribution in [1.29, 1.82) is 0 Å². The zero-order valence-corrected chi connectivity index (χ0v) is 27.2. The van der Waals surface area contributed by atoms with Crippen LogP contribution in [0.25, 0.3) is 35.4 Å². The number of nitrogens with one attached hydrogen (secondary N) is 2. The summed E-state index contributed by atoms with van der Waals surface area (Å²) in [6.45, 7) is 0. The quantitative estimate of drug-likeness (QED) is 0.162. The molecule has 0 aromatic carbocycles. The van der Waals surface area contributed by atoms with Crippen molar-refractivity contribution >= 4 is 35.6 Å². The summed E-state index contributed by atoms with van der Waals surface area (Å²) in [6.07, 6.45) is 32.7. The van der Waals surface area contributed by atoms with Crippen molar-refractivity contribution < 1.29 is 0 Å². The monoisotopic (exact) mass is 624 g/mol. The molecule has 1 aliphatic heterocycles. The van der Waals surface area contributed by atoms with Gasteiger partial charge in [-0.25, -0.2) is 0 Å². The summed E-state index contributed by atoms with van der Waals surface area (Å²) >= 11 is 2.05. The van der Waals surface area contributed by atoms with Gasteiger partial charge in [-0.15, -0.1) is 11.3 Å². The first kappa shape index (κ1) is 25.7. The lowest BCUT2D eigenvalue weighted by Crippen LogP contribution is -2.23. The minimum absolute atomic E-state index is 0.497. The van der Waals surface area contributed by atoms with Crippen LogP contribution < -0.4 is 21.4 Å².